The quantitative estimate of drug-likeness (QED) is 0.707. The molecule has 0 spiro atoms. The molecular weight excluding hydrogens is 356 g/mol. The Hall–Kier alpha value is -2.93. The standard InChI is InChI=1S/C21H24N4O3/c1-15-4-6-16(7-5-15)13-22-19(26)14-25-10-8-17(9-11-25)20-23-24-21(28-20)18-3-2-12-27-18/h2-7,12,17H,8-11,13-14H2,1H3,(H,22,26). The van der Waals surface area contributed by atoms with E-state index in [1.807, 2.05) is 12.1 Å². The van der Waals surface area contributed by atoms with E-state index in [1.54, 1.807) is 18.4 Å². The van der Waals surface area contributed by atoms with Gasteiger partial charge in [-0.2, -0.15) is 0 Å². The number of carbonyl (C=O) groups is 1. The molecule has 0 unspecified atom stereocenters. The second-order valence-corrected chi connectivity index (χ2v) is 7.24. The fraction of sp³-hybridized carbons (Fsp3) is 0.381. The molecule has 0 aliphatic carbocycles. The SMILES string of the molecule is Cc1ccc(CNC(=O)CN2CCC(c3nnc(-c4ccco4)o3)CC2)cc1. The number of nitrogens with zero attached hydrogens (tertiary/aromatic N) is 3. The predicted octanol–water partition coefficient (Wildman–Crippen LogP) is 3.13. The summed E-state index contributed by atoms with van der Waals surface area (Å²) in [5.41, 5.74) is 2.33. The molecular formula is C21H24N4O3. The molecule has 1 aliphatic rings. The number of amides is 1. The van der Waals surface area contributed by atoms with Crippen molar-refractivity contribution in [1.82, 2.24) is 20.4 Å². The van der Waals surface area contributed by atoms with E-state index >= 15 is 0 Å². The third-order valence-corrected chi connectivity index (χ3v) is 5.09. The number of hydrogen-bond donors (Lipinski definition) is 1. The maximum atomic E-state index is 12.2. The minimum absolute atomic E-state index is 0.0527. The molecule has 146 valence electrons. The number of furan rings is 1. The molecule has 0 saturated carbocycles. The number of benzene rings is 1. The lowest BCUT2D eigenvalue weighted by atomic mass is 9.97. The number of aryl methyl sites for hydroxylation is 1. The molecule has 7 nitrogen and oxygen atoms in total. The summed E-state index contributed by atoms with van der Waals surface area (Å²) in [5.74, 6) is 1.93. The van der Waals surface area contributed by atoms with E-state index in [1.165, 1.54) is 5.56 Å². The third-order valence-electron chi connectivity index (χ3n) is 5.09. The number of likely N-dealkylation sites (tertiary alicyclic amines) is 1. The fourth-order valence-corrected chi connectivity index (χ4v) is 3.40. The van der Waals surface area contributed by atoms with Crippen LogP contribution in [-0.4, -0.2) is 40.6 Å². The third kappa shape index (κ3) is 4.48. The zero-order chi connectivity index (χ0) is 19.3. The van der Waals surface area contributed by atoms with Crippen LogP contribution in [-0.2, 0) is 11.3 Å². The van der Waals surface area contributed by atoms with Gasteiger partial charge < -0.3 is 14.2 Å². The zero-order valence-corrected chi connectivity index (χ0v) is 15.9. The summed E-state index contributed by atoms with van der Waals surface area (Å²) in [4.78, 5) is 14.4. The molecule has 7 heteroatoms. The first-order valence-electron chi connectivity index (χ1n) is 9.59. The van der Waals surface area contributed by atoms with Gasteiger partial charge in [-0.3, -0.25) is 9.69 Å². The normalized spacial score (nSPS) is 15.6. The molecule has 1 fully saturated rings. The summed E-state index contributed by atoms with van der Waals surface area (Å²) in [5, 5.41) is 11.2. The number of aromatic nitrogens is 2. The van der Waals surface area contributed by atoms with E-state index < -0.39 is 0 Å². The van der Waals surface area contributed by atoms with E-state index in [4.69, 9.17) is 8.83 Å². The van der Waals surface area contributed by atoms with Crippen LogP contribution in [0.4, 0.5) is 0 Å². The highest BCUT2D eigenvalue weighted by atomic mass is 16.4. The molecule has 1 aliphatic heterocycles. The molecule has 2 aromatic heterocycles. The molecule has 0 radical (unpaired) electrons. The van der Waals surface area contributed by atoms with Gasteiger partial charge in [0.2, 0.25) is 11.8 Å². The van der Waals surface area contributed by atoms with Gasteiger partial charge in [0.15, 0.2) is 5.76 Å². The molecule has 1 N–H and O–H groups in total. The van der Waals surface area contributed by atoms with Crippen molar-refractivity contribution in [2.75, 3.05) is 19.6 Å². The van der Waals surface area contributed by atoms with Gasteiger partial charge in [0.05, 0.1) is 12.8 Å². The second kappa shape index (κ2) is 8.39. The van der Waals surface area contributed by atoms with Crippen molar-refractivity contribution < 1.29 is 13.6 Å². The molecule has 3 heterocycles. The van der Waals surface area contributed by atoms with Crippen molar-refractivity contribution in [3.05, 3.63) is 59.7 Å². The molecule has 3 aromatic rings. The summed E-state index contributed by atoms with van der Waals surface area (Å²) in [7, 11) is 0. The average molecular weight is 380 g/mol. The fourth-order valence-electron chi connectivity index (χ4n) is 3.40. The average Bonchev–Trinajstić information content (AvgIpc) is 3.40. The lowest BCUT2D eigenvalue weighted by Gasteiger charge is -2.29. The van der Waals surface area contributed by atoms with Crippen LogP contribution in [0.25, 0.3) is 11.7 Å². The monoisotopic (exact) mass is 380 g/mol. The van der Waals surface area contributed by atoms with Crippen LogP contribution in [0.2, 0.25) is 0 Å². The topological polar surface area (TPSA) is 84.4 Å². The Balaban J connectivity index is 1.23. The highest BCUT2D eigenvalue weighted by Crippen LogP contribution is 2.29. The van der Waals surface area contributed by atoms with E-state index in [2.05, 4.69) is 39.5 Å². The Kier molecular flexibility index (Phi) is 5.53. The van der Waals surface area contributed by atoms with Crippen LogP contribution in [0.15, 0.2) is 51.5 Å². The van der Waals surface area contributed by atoms with Crippen molar-refractivity contribution in [3.63, 3.8) is 0 Å². The molecule has 1 aromatic carbocycles. The van der Waals surface area contributed by atoms with Crippen LogP contribution in [0, 0.1) is 6.92 Å². The highest BCUT2D eigenvalue weighted by molar-refractivity contribution is 5.78. The zero-order valence-electron chi connectivity index (χ0n) is 15.9. The van der Waals surface area contributed by atoms with Gasteiger partial charge >= 0.3 is 0 Å². The summed E-state index contributed by atoms with van der Waals surface area (Å²) in [6.07, 6.45) is 3.37. The molecule has 1 saturated heterocycles. The summed E-state index contributed by atoms with van der Waals surface area (Å²) >= 11 is 0. The number of rotatable bonds is 6. The van der Waals surface area contributed by atoms with Gasteiger partial charge in [-0.15, -0.1) is 10.2 Å². The van der Waals surface area contributed by atoms with Crippen LogP contribution >= 0.6 is 0 Å². The maximum Gasteiger partial charge on any atom is 0.283 e. The van der Waals surface area contributed by atoms with Crippen molar-refractivity contribution in [1.29, 1.82) is 0 Å². The van der Waals surface area contributed by atoms with Crippen LogP contribution in [0.3, 0.4) is 0 Å². The molecule has 0 atom stereocenters. The van der Waals surface area contributed by atoms with Gasteiger partial charge in [0, 0.05) is 12.5 Å². The van der Waals surface area contributed by atoms with E-state index in [9.17, 15) is 4.79 Å². The Morgan fingerprint density at radius 3 is 2.68 bits per heavy atom. The van der Waals surface area contributed by atoms with Gasteiger partial charge in [0.25, 0.3) is 5.89 Å². The van der Waals surface area contributed by atoms with Crippen LogP contribution in [0.5, 0.6) is 0 Å². The first-order valence-corrected chi connectivity index (χ1v) is 9.59. The van der Waals surface area contributed by atoms with Crippen molar-refractivity contribution >= 4 is 5.91 Å². The Morgan fingerprint density at radius 2 is 1.96 bits per heavy atom. The second-order valence-electron chi connectivity index (χ2n) is 7.24. The number of piperidine rings is 1. The summed E-state index contributed by atoms with van der Waals surface area (Å²) in [6, 6.07) is 11.8. The predicted molar refractivity (Wildman–Crippen MR) is 103 cm³/mol. The Labute approximate surface area is 163 Å². The lowest BCUT2D eigenvalue weighted by Crippen LogP contribution is -2.41. The minimum atomic E-state index is 0.0527. The molecule has 0 bridgehead atoms. The highest BCUT2D eigenvalue weighted by Gasteiger charge is 2.26. The number of carbonyl (C=O) groups excluding carboxylic acids is 1. The molecule has 4 rings (SSSR count). The summed E-state index contributed by atoms with van der Waals surface area (Å²) in [6.45, 7) is 4.70. The maximum absolute atomic E-state index is 12.2. The Morgan fingerprint density at radius 1 is 1.18 bits per heavy atom. The lowest BCUT2D eigenvalue weighted by molar-refractivity contribution is -0.122. The van der Waals surface area contributed by atoms with E-state index in [0.717, 1.165) is 31.5 Å². The van der Waals surface area contributed by atoms with Crippen molar-refractivity contribution in [2.45, 2.75) is 32.2 Å². The smallest absolute Gasteiger partial charge is 0.283 e. The summed E-state index contributed by atoms with van der Waals surface area (Å²) < 4.78 is 11.1. The number of hydrogen-bond acceptors (Lipinski definition) is 6. The first-order chi connectivity index (χ1) is 13.7. The minimum Gasteiger partial charge on any atom is -0.459 e. The van der Waals surface area contributed by atoms with Crippen molar-refractivity contribution in [2.24, 2.45) is 0 Å². The van der Waals surface area contributed by atoms with Crippen LogP contribution < -0.4 is 5.32 Å². The van der Waals surface area contributed by atoms with Gasteiger partial charge in [0.1, 0.15) is 0 Å². The van der Waals surface area contributed by atoms with Gasteiger partial charge in [-0.25, -0.2) is 0 Å². The number of nitrogens with one attached hydrogen (secondary N) is 1. The van der Waals surface area contributed by atoms with Crippen LogP contribution in [0.1, 0.15) is 35.8 Å². The van der Waals surface area contributed by atoms with E-state index in [-0.39, 0.29) is 11.8 Å². The Bertz CT molecular complexity index is 894. The van der Waals surface area contributed by atoms with E-state index in [0.29, 0.717) is 30.6 Å². The molecule has 28 heavy (non-hydrogen) atoms. The van der Waals surface area contributed by atoms with Gasteiger partial charge in [-0.05, 0) is 50.6 Å². The van der Waals surface area contributed by atoms with Gasteiger partial charge in [-0.1, -0.05) is 29.8 Å². The molecule has 1 amide bonds. The van der Waals surface area contributed by atoms with Crippen molar-refractivity contribution in [3.8, 4) is 11.7 Å². The first kappa shape index (κ1) is 18.4. The largest absolute Gasteiger partial charge is 0.459 e.